The number of ether oxygens (including phenoxy) is 1. The Morgan fingerprint density at radius 1 is 1.31 bits per heavy atom. The molecule has 0 aliphatic carbocycles. The third-order valence-electron chi connectivity index (χ3n) is 4.79. The van der Waals surface area contributed by atoms with Gasteiger partial charge >= 0.3 is 0 Å². The Bertz CT molecular complexity index is 888. The second-order valence-electron chi connectivity index (χ2n) is 6.64. The molecule has 2 aromatic heterocycles. The molecular weight excluding hydrogens is 328 g/mol. The minimum absolute atomic E-state index is 0.0302. The number of aromatic nitrogens is 2. The monoisotopic (exact) mass is 350 g/mol. The fourth-order valence-corrected chi connectivity index (χ4v) is 3.41. The summed E-state index contributed by atoms with van der Waals surface area (Å²) in [4.78, 5) is 22.0. The summed E-state index contributed by atoms with van der Waals surface area (Å²) in [6.45, 7) is 1.79. The molecule has 1 aliphatic rings. The van der Waals surface area contributed by atoms with Crippen molar-refractivity contribution in [3.8, 4) is 0 Å². The number of benzene rings is 1. The first-order valence-corrected chi connectivity index (χ1v) is 8.88. The van der Waals surface area contributed by atoms with Crippen LogP contribution in [-0.2, 0) is 11.2 Å². The number of nitrogens with two attached hydrogens (primary N) is 1. The number of carbonyl (C=O) groups is 1. The molecule has 0 saturated carbocycles. The highest BCUT2D eigenvalue weighted by atomic mass is 16.5. The standard InChI is InChI=1S/C20H22N4O2/c21-19-11-14(7-8-22-19)5-6-16-13-24(9-10-26-16)20(25)18-12-15-3-1-2-4-17(15)23-18/h1-4,7-8,11-12,16,23H,5-6,9-10,13H2,(H2,21,22)/t16-/m0/s1. The summed E-state index contributed by atoms with van der Waals surface area (Å²) < 4.78 is 5.85. The largest absolute Gasteiger partial charge is 0.384 e. The van der Waals surface area contributed by atoms with Crippen LogP contribution in [0.4, 0.5) is 5.82 Å². The van der Waals surface area contributed by atoms with Gasteiger partial charge in [0.1, 0.15) is 11.5 Å². The molecule has 0 bridgehead atoms. The van der Waals surface area contributed by atoms with Crippen LogP contribution in [0.15, 0.2) is 48.7 Å². The molecular formula is C20H22N4O2. The van der Waals surface area contributed by atoms with Crippen LogP contribution in [0.2, 0.25) is 0 Å². The van der Waals surface area contributed by atoms with Crippen LogP contribution in [0, 0.1) is 0 Å². The maximum Gasteiger partial charge on any atom is 0.270 e. The van der Waals surface area contributed by atoms with Gasteiger partial charge in [0.25, 0.3) is 5.91 Å². The maximum absolute atomic E-state index is 12.8. The number of nitrogen functional groups attached to an aromatic ring is 1. The van der Waals surface area contributed by atoms with E-state index in [2.05, 4.69) is 9.97 Å². The van der Waals surface area contributed by atoms with Crippen molar-refractivity contribution < 1.29 is 9.53 Å². The zero-order valence-corrected chi connectivity index (χ0v) is 14.5. The van der Waals surface area contributed by atoms with Gasteiger partial charge in [-0.2, -0.15) is 0 Å². The molecule has 26 heavy (non-hydrogen) atoms. The number of aryl methyl sites for hydroxylation is 1. The summed E-state index contributed by atoms with van der Waals surface area (Å²) in [5, 5.41) is 1.05. The van der Waals surface area contributed by atoms with Gasteiger partial charge in [-0.15, -0.1) is 0 Å². The first kappa shape index (κ1) is 16.6. The van der Waals surface area contributed by atoms with Gasteiger partial charge in [-0.3, -0.25) is 4.79 Å². The van der Waals surface area contributed by atoms with Crippen molar-refractivity contribution in [3.05, 3.63) is 59.9 Å². The molecule has 4 rings (SSSR count). The highest BCUT2D eigenvalue weighted by Gasteiger charge is 2.25. The molecule has 1 aromatic carbocycles. The zero-order chi connectivity index (χ0) is 17.9. The van der Waals surface area contributed by atoms with Crippen LogP contribution in [-0.4, -0.2) is 46.6 Å². The van der Waals surface area contributed by atoms with Crippen LogP contribution in [0.5, 0.6) is 0 Å². The molecule has 1 atom stereocenters. The number of aromatic amines is 1. The third kappa shape index (κ3) is 3.55. The summed E-state index contributed by atoms with van der Waals surface area (Å²) >= 11 is 0. The van der Waals surface area contributed by atoms with E-state index in [4.69, 9.17) is 10.5 Å². The lowest BCUT2D eigenvalue weighted by atomic mass is 10.1. The van der Waals surface area contributed by atoms with E-state index in [0.717, 1.165) is 29.3 Å². The summed E-state index contributed by atoms with van der Waals surface area (Å²) in [5.74, 6) is 0.560. The minimum Gasteiger partial charge on any atom is -0.384 e. The normalized spacial score (nSPS) is 17.5. The summed E-state index contributed by atoms with van der Waals surface area (Å²) in [6.07, 6.45) is 3.45. The molecule has 6 nitrogen and oxygen atoms in total. The number of anilines is 1. The van der Waals surface area contributed by atoms with E-state index in [1.54, 1.807) is 6.20 Å². The van der Waals surface area contributed by atoms with Crippen molar-refractivity contribution in [1.29, 1.82) is 0 Å². The van der Waals surface area contributed by atoms with Gasteiger partial charge in [0.15, 0.2) is 0 Å². The average molecular weight is 350 g/mol. The molecule has 1 aliphatic heterocycles. The molecule has 1 amide bonds. The Labute approximate surface area is 152 Å². The maximum atomic E-state index is 12.8. The molecule has 0 spiro atoms. The lowest BCUT2D eigenvalue weighted by Crippen LogP contribution is -2.45. The van der Waals surface area contributed by atoms with Crippen LogP contribution in [0.3, 0.4) is 0 Å². The predicted octanol–water partition coefficient (Wildman–Crippen LogP) is 2.62. The molecule has 1 fully saturated rings. The summed E-state index contributed by atoms with van der Waals surface area (Å²) in [6, 6.07) is 13.7. The number of rotatable bonds is 4. The Balaban J connectivity index is 1.40. The lowest BCUT2D eigenvalue weighted by Gasteiger charge is -2.32. The highest BCUT2D eigenvalue weighted by Crippen LogP contribution is 2.19. The van der Waals surface area contributed by atoms with Gasteiger partial charge in [-0.1, -0.05) is 18.2 Å². The predicted molar refractivity (Wildman–Crippen MR) is 101 cm³/mol. The fraction of sp³-hybridized carbons (Fsp3) is 0.300. The quantitative estimate of drug-likeness (QED) is 0.757. The van der Waals surface area contributed by atoms with Crippen molar-refractivity contribution in [2.45, 2.75) is 18.9 Å². The van der Waals surface area contributed by atoms with Crippen LogP contribution < -0.4 is 5.73 Å². The molecule has 0 unspecified atom stereocenters. The molecule has 3 aromatic rings. The Morgan fingerprint density at radius 2 is 2.19 bits per heavy atom. The van der Waals surface area contributed by atoms with Gasteiger partial charge in [0, 0.05) is 30.2 Å². The Hall–Kier alpha value is -2.86. The first-order valence-electron chi connectivity index (χ1n) is 8.88. The molecule has 134 valence electrons. The average Bonchev–Trinajstić information content (AvgIpc) is 3.10. The number of amides is 1. The topological polar surface area (TPSA) is 84.2 Å². The Morgan fingerprint density at radius 3 is 3.04 bits per heavy atom. The number of carbonyl (C=O) groups excluding carboxylic acids is 1. The highest BCUT2D eigenvalue weighted by molar-refractivity contribution is 5.98. The summed E-state index contributed by atoms with van der Waals surface area (Å²) in [5.41, 5.74) is 8.48. The van der Waals surface area contributed by atoms with Crippen LogP contribution >= 0.6 is 0 Å². The molecule has 3 heterocycles. The number of nitrogens with one attached hydrogen (secondary N) is 1. The van der Waals surface area contributed by atoms with Gasteiger partial charge in [-0.05, 0) is 42.7 Å². The van der Waals surface area contributed by atoms with E-state index in [1.807, 2.05) is 47.4 Å². The number of pyridine rings is 1. The number of H-pyrrole nitrogens is 1. The number of hydrogen-bond acceptors (Lipinski definition) is 4. The first-order chi connectivity index (χ1) is 12.7. The molecule has 1 saturated heterocycles. The van der Waals surface area contributed by atoms with E-state index >= 15 is 0 Å². The number of hydrogen-bond donors (Lipinski definition) is 2. The van der Waals surface area contributed by atoms with Crippen molar-refractivity contribution in [3.63, 3.8) is 0 Å². The smallest absolute Gasteiger partial charge is 0.270 e. The number of nitrogens with zero attached hydrogens (tertiary/aromatic N) is 2. The SMILES string of the molecule is Nc1cc(CC[C@H]2CN(C(=O)c3cc4ccccc4[nH]3)CCO2)ccn1. The van der Waals surface area contributed by atoms with Crippen LogP contribution in [0.1, 0.15) is 22.5 Å². The van der Waals surface area contributed by atoms with E-state index in [9.17, 15) is 4.79 Å². The van der Waals surface area contributed by atoms with E-state index in [1.165, 1.54) is 0 Å². The zero-order valence-electron chi connectivity index (χ0n) is 14.5. The van der Waals surface area contributed by atoms with Crippen LogP contribution in [0.25, 0.3) is 10.9 Å². The van der Waals surface area contributed by atoms with Gasteiger partial charge in [0.05, 0.1) is 12.7 Å². The fourth-order valence-electron chi connectivity index (χ4n) is 3.41. The van der Waals surface area contributed by atoms with Crippen molar-refractivity contribution in [2.75, 3.05) is 25.4 Å². The van der Waals surface area contributed by atoms with Crippen molar-refractivity contribution in [2.24, 2.45) is 0 Å². The summed E-state index contributed by atoms with van der Waals surface area (Å²) in [7, 11) is 0. The minimum atomic E-state index is 0.0302. The second kappa shape index (κ2) is 7.17. The van der Waals surface area contributed by atoms with Crippen molar-refractivity contribution in [1.82, 2.24) is 14.9 Å². The molecule has 6 heteroatoms. The van der Waals surface area contributed by atoms with E-state index < -0.39 is 0 Å². The van der Waals surface area contributed by atoms with Gasteiger partial charge in [0.2, 0.25) is 0 Å². The number of morpholine rings is 1. The Kier molecular flexibility index (Phi) is 4.58. The number of para-hydroxylation sites is 1. The lowest BCUT2D eigenvalue weighted by molar-refractivity contribution is -0.0247. The second-order valence-corrected chi connectivity index (χ2v) is 6.64. The van der Waals surface area contributed by atoms with E-state index in [0.29, 0.717) is 31.2 Å². The van der Waals surface area contributed by atoms with E-state index in [-0.39, 0.29) is 12.0 Å². The third-order valence-corrected chi connectivity index (χ3v) is 4.79. The van der Waals surface area contributed by atoms with Gasteiger partial charge in [-0.25, -0.2) is 4.98 Å². The van der Waals surface area contributed by atoms with Gasteiger partial charge < -0.3 is 20.4 Å². The molecule has 3 N–H and O–H groups in total. The van der Waals surface area contributed by atoms with Crippen molar-refractivity contribution >= 4 is 22.6 Å². The number of fused-ring (bicyclic) bond motifs is 1. The molecule has 0 radical (unpaired) electrons.